The lowest BCUT2D eigenvalue weighted by atomic mass is 10.1. The molecule has 0 aliphatic rings. The van der Waals surface area contributed by atoms with Gasteiger partial charge in [-0.1, -0.05) is 24.4 Å². The third-order valence-electron chi connectivity index (χ3n) is 2.68. The monoisotopic (exact) mass is 275 g/mol. The zero-order valence-corrected chi connectivity index (χ0v) is 11.1. The number of benzene rings is 1. The molecule has 0 amide bonds. The van der Waals surface area contributed by atoms with Gasteiger partial charge in [-0.15, -0.1) is 0 Å². The number of halogens is 1. The molecule has 1 aromatic heterocycles. The molecule has 2 aromatic rings. The number of hydrogen-bond acceptors (Lipinski definition) is 3. The first-order chi connectivity index (χ1) is 9.15. The summed E-state index contributed by atoms with van der Waals surface area (Å²) in [5, 5.41) is 3.18. The van der Waals surface area contributed by atoms with Crippen molar-refractivity contribution in [3.63, 3.8) is 0 Å². The summed E-state index contributed by atoms with van der Waals surface area (Å²) in [4.78, 5) is 4.54. The molecule has 5 heteroatoms. The van der Waals surface area contributed by atoms with Crippen LogP contribution in [0.4, 0.5) is 10.2 Å². The standard InChI is InChI=1S/C14H14FN3S/c15-12-4-1-10(2-5-12)7-8-17-13-6-3-11(9-18-13)14(16)19/h1-6,9H,7-8H2,(H2,16,19)(H,17,18). The molecule has 0 radical (unpaired) electrons. The molecule has 0 spiro atoms. The van der Waals surface area contributed by atoms with Crippen LogP contribution in [0.1, 0.15) is 11.1 Å². The van der Waals surface area contributed by atoms with E-state index in [0.29, 0.717) is 4.99 Å². The van der Waals surface area contributed by atoms with Crippen LogP contribution in [-0.2, 0) is 6.42 Å². The molecule has 1 aromatic carbocycles. The third-order valence-corrected chi connectivity index (χ3v) is 2.92. The van der Waals surface area contributed by atoms with Gasteiger partial charge in [0.2, 0.25) is 0 Å². The molecule has 0 bridgehead atoms. The first kappa shape index (κ1) is 13.4. The minimum absolute atomic E-state index is 0.216. The second-order valence-electron chi connectivity index (χ2n) is 4.10. The Labute approximate surface area is 116 Å². The van der Waals surface area contributed by atoms with Crippen LogP contribution in [0.25, 0.3) is 0 Å². The SMILES string of the molecule is NC(=S)c1ccc(NCCc2ccc(F)cc2)nc1. The molecule has 3 N–H and O–H groups in total. The number of nitrogens with two attached hydrogens (primary N) is 1. The number of aromatic nitrogens is 1. The highest BCUT2D eigenvalue weighted by atomic mass is 32.1. The van der Waals surface area contributed by atoms with Crippen molar-refractivity contribution in [2.75, 3.05) is 11.9 Å². The van der Waals surface area contributed by atoms with Crippen molar-refractivity contribution in [3.8, 4) is 0 Å². The fourth-order valence-corrected chi connectivity index (χ4v) is 1.75. The van der Waals surface area contributed by atoms with Crippen LogP contribution in [-0.4, -0.2) is 16.5 Å². The van der Waals surface area contributed by atoms with Gasteiger partial charge in [0.05, 0.1) is 0 Å². The number of rotatable bonds is 5. The second-order valence-corrected chi connectivity index (χ2v) is 4.54. The van der Waals surface area contributed by atoms with Crippen LogP contribution < -0.4 is 11.1 Å². The molecular weight excluding hydrogens is 261 g/mol. The van der Waals surface area contributed by atoms with Crippen LogP contribution in [0.3, 0.4) is 0 Å². The lowest BCUT2D eigenvalue weighted by Crippen LogP contribution is -2.11. The predicted molar refractivity (Wildman–Crippen MR) is 78.7 cm³/mol. The van der Waals surface area contributed by atoms with E-state index in [1.807, 2.05) is 12.1 Å². The van der Waals surface area contributed by atoms with Gasteiger partial charge in [0, 0.05) is 18.3 Å². The number of anilines is 1. The molecule has 0 saturated heterocycles. The second kappa shape index (κ2) is 6.24. The average molecular weight is 275 g/mol. The summed E-state index contributed by atoms with van der Waals surface area (Å²) < 4.78 is 12.7. The summed E-state index contributed by atoms with van der Waals surface area (Å²) >= 11 is 4.85. The third kappa shape index (κ3) is 3.99. The minimum Gasteiger partial charge on any atom is -0.389 e. The van der Waals surface area contributed by atoms with Gasteiger partial charge in [-0.25, -0.2) is 9.37 Å². The van der Waals surface area contributed by atoms with Gasteiger partial charge in [-0.2, -0.15) is 0 Å². The number of hydrogen-bond donors (Lipinski definition) is 2. The molecule has 1 heterocycles. The summed E-state index contributed by atoms with van der Waals surface area (Å²) in [6.45, 7) is 0.727. The van der Waals surface area contributed by atoms with Gasteiger partial charge < -0.3 is 11.1 Å². The maximum Gasteiger partial charge on any atom is 0.125 e. The molecule has 98 valence electrons. The van der Waals surface area contributed by atoms with E-state index in [1.54, 1.807) is 18.3 Å². The van der Waals surface area contributed by atoms with Crippen LogP contribution >= 0.6 is 12.2 Å². The van der Waals surface area contributed by atoms with E-state index < -0.39 is 0 Å². The highest BCUT2D eigenvalue weighted by Crippen LogP contribution is 2.07. The van der Waals surface area contributed by atoms with E-state index in [2.05, 4.69) is 10.3 Å². The maximum atomic E-state index is 12.7. The van der Waals surface area contributed by atoms with Crippen molar-refractivity contribution in [2.45, 2.75) is 6.42 Å². The molecule has 0 aliphatic carbocycles. The lowest BCUT2D eigenvalue weighted by Gasteiger charge is -2.06. The van der Waals surface area contributed by atoms with Crippen molar-refractivity contribution >= 4 is 23.0 Å². The Kier molecular flexibility index (Phi) is 4.41. The Morgan fingerprint density at radius 1 is 1.21 bits per heavy atom. The van der Waals surface area contributed by atoms with Crippen molar-refractivity contribution in [2.24, 2.45) is 5.73 Å². The van der Waals surface area contributed by atoms with Crippen molar-refractivity contribution in [1.29, 1.82) is 0 Å². The fraction of sp³-hybridized carbons (Fsp3) is 0.143. The zero-order chi connectivity index (χ0) is 13.7. The molecule has 2 rings (SSSR count). The van der Waals surface area contributed by atoms with Gasteiger partial charge in [0.1, 0.15) is 16.6 Å². The van der Waals surface area contributed by atoms with Gasteiger partial charge in [-0.05, 0) is 36.2 Å². The highest BCUT2D eigenvalue weighted by molar-refractivity contribution is 7.80. The van der Waals surface area contributed by atoms with Crippen LogP contribution in [0.15, 0.2) is 42.6 Å². The summed E-state index contributed by atoms with van der Waals surface area (Å²) in [6.07, 6.45) is 2.45. The normalized spacial score (nSPS) is 10.2. The van der Waals surface area contributed by atoms with E-state index in [4.69, 9.17) is 18.0 Å². The van der Waals surface area contributed by atoms with Crippen molar-refractivity contribution < 1.29 is 4.39 Å². The first-order valence-electron chi connectivity index (χ1n) is 5.89. The van der Waals surface area contributed by atoms with E-state index >= 15 is 0 Å². The summed E-state index contributed by atoms with van der Waals surface area (Å²) in [7, 11) is 0. The average Bonchev–Trinajstić information content (AvgIpc) is 2.41. The summed E-state index contributed by atoms with van der Waals surface area (Å²) in [5.41, 5.74) is 7.32. The van der Waals surface area contributed by atoms with Gasteiger partial charge >= 0.3 is 0 Å². The molecule has 0 atom stereocenters. The number of nitrogens with zero attached hydrogens (tertiary/aromatic N) is 1. The van der Waals surface area contributed by atoms with Crippen LogP contribution in [0.2, 0.25) is 0 Å². The van der Waals surface area contributed by atoms with E-state index in [0.717, 1.165) is 29.9 Å². The highest BCUT2D eigenvalue weighted by Gasteiger charge is 1.98. The number of nitrogens with one attached hydrogen (secondary N) is 1. The molecule has 3 nitrogen and oxygen atoms in total. The Morgan fingerprint density at radius 2 is 1.95 bits per heavy atom. The molecular formula is C14H14FN3S. The number of thiocarbonyl (C=S) groups is 1. The van der Waals surface area contributed by atoms with Gasteiger partial charge in [0.25, 0.3) is 0 Å². The summed E-state index contributed by atoms with van der Waals surface area (Å²) in [5.74, 6) is 0.550. The predicted octanol–water partition coefficient (Wildman–Crippen LogP) is 2.51. The van der Waals surface area contributed by atoms with E-state index in [1.165, 1.54) is 12.1 Å². The van der Waals surface area contributed by atoms with Gasteiger partial charge in [-0.3, -0.25) is 0 Å². The topological polar surface area (TPSA) is 50.9 Å². The fourth-order valence-electron chi connectivity index (χ4n) is 1.63. The molecule has 19 heavy (non-hydrogen) atoms. The molecule has 0 fully saturated rings. The van der Waals surface area contributed by atoms with E-state index in [-0.39, 0.29) is 5.82 Å². The lowest BCUT2D eigenvalue weighted by molar-refractivity contribution is 0.627. The minimum atomic E-state index is -0.216. The molecule has 0 unspecified atom stereocenters. The molecule has 0 saturated carbocycles. The molecule has 0 aliphatic heterocycles. The van der Waals surface area contributed by atoms with Gasteiger partial charge in [0.15, 0.2) is 0 Å². The first-order valence-corrected chi connectivity index (χ1v) is 6.30. The Hall–Kier alpha value is -2.01. The van der Waals surface area contributed by atoms with Crippen LogP contribution in [0, 0.1) is 5.82 Å². The smallest absolute Gasteiger partial charge is 0.125 e. The Balaban J connectivity index is 1.85. The van der Waals surface area contributed by atoms with Crippen LogP contribution in [0.5, 0.6) is 0 Å². The summed E-state index contributed by atoms with van der Waals surface area (Å²) in [6, 6.07) is 10.1. The van der Waals surface area contributed by atoms with Crippen molar-refractivity contribution in [1.82, 2.24) is 4.98 Å². The van der Waals surface area contributed by atoms with Crippen molar-refractivity contribution in [3.05, 3.63) is 59.5 Å². The Morgan fingerprint density at radius 3 is 2.53 bits per heavy atom. The maximum absolute atomic E-state index is 12.7. The largest absolute Gasteiger partial charge is 0.389 e. The quantitative estimate of drug-likeness (QED) is 0.823. The Bertz CT molecular complexity index is 552. The van der Waals surface area contributed by atoms with E-state index in [9.17, 15) is 4.39 Å². The number of pyridine rings is 1. The zero-order valence-electron chi connectivity index (χ0n) is 10.3.